The smallest absolute Gasteiger partial charge is 0.256 e. The molecule has 1 amide bonds. The molecule has 0 aliphatic rings. The van der Waals surface area contributed by atoms with Crippen LogP contribution in [-0.2, 0) is 0 Å². The number of amides is 1. The largest absolute Gasteiger partial charge is 0.319 e. The van der Waals surface area contributed by atoms with Crippen LogP contribution in [0.15, 0.2) is 40.9 Å². The molecule has 3 nitrogen and oxygen atoms in total. The third-order valence-electron chi connectivity index (χ3n) is 2.52. The van der Waals surface area contributed by atoms with Crippen LogP contribution < -0.4 is 5.32 Å². The molecular formula is C14H7BrClFN2O. The molecule has 2 aromatic rings. The standard InChI is InChI=1S/C14H7BrClFN2O/c15-11-3-2-9(16)6-10(11)14(20)19-13-4-1-8(7-18)5-12(13)17/h1-6H,(H,19,20). The number of carbonyl (C=O) groups is 1. The number of carbonyl (C=O) groups excluding carboxylic acids is 1. The first-order chi connectivity index (χ1) is 9.51. The van der Waals surface area contributed by atoms with Crippen LogP contribution in [0, 0.1) is 17.1 Å². The van der Waals surface area contributed by atoms with Crippen molar-refractivity contribution in [3.05, 3.63) is 62.8 Å². The van der Waals surface area contributed by atoms with E-state index in [4.69, 9.17) is 16.9 Å². The fourth-order valence-electron chi connectivity index (χ4n) is 1.55. The van der Waals surface area contributed by atoms with Crippen LogP contribution in [-0.4, -0.2) is 5.91 Å². The van der Waals surface area contributed by atoms with Gasteiger partial charge in [0.15, 0.2) is 0 Å². The summed E-state index contributed by atoms with van der Waals surface area (Å²) >= 11 is 9.05. The molecule has 2 rings (SSSR count). The molecule has 6 heteroatoms. The number of rotatable bonds is 2. The van der Waals surface area contributed by atoms with Gasteiger partial charge in [-0.15, -0.1) is 0 Å². The Balaban J connectivity index is 2.28. The Morgan fingerprint density at radius 3 is 2.70 bits per heavy atom. The van der Waals surface area contributed by atoms with Crippen molar-refractivity contribution >= 4 is 39.1 Å². The lowest BCUT2D eigenvalue weighted by molar-refractivity contribution is 0.102. The van der Waals surface area contributed by atoms with E-state index in [1.165, 1.54) is 18.2 Å². The van der Waals surface area contributed by atoms with E-state index < -0.39 is 11.7 Å². The van der Waals surface area contributed by atoms with Gasteiger partial charge in [0.05, 0.1) is 22.9 Å². The molecule has 0 heterocycles. The van der Waals surface area contributed by atoms with Gasteiger partial charge in [0.25, 0.3) is 5.91 Å². The lowest BCUT2D eigenvalue weighted by Crippen LogP contribution is -2.13. The SMILES string of the molecule is N#Cc1ccc(NC(=O)c2cc(Cl)ccc2Br)c(F)c1. The van der Waals surface area contributed by atoms with Crippen LogP contribution in [0.5, 0.6) is 0 Å². The van der Waals surface area contributed by atoms with Gasteiger partial charge in [-0.1, -0.05) is 11.6 Å². The Kier molecular flexibility index (Phi) is 4.38. The van der Waals surface area contributed by atoms with Gasteiger partial charge in [0.2, 0.25) is 0 Å². The molecule has 0 saturated carbocycles. The first-order valence-electron chi connectivity index (χ1n) is 5.47. The zero-order valence-corrected chi connectivity index (χ0v) is 12.3. The van der Waals surface area contributed by atoms with E-state index in [1.54, 1.807) is 12.1 Å². The van der Waals surface area contributed by atoms with Crippen LogP contribution in [0.1, 0.15) is 15.9 Å². The number of hydrogen-bond acceptors (Lipinski definition) is 2. The molecule has 100 valence electrons. The lowest BCUT2D eigenvalue weighted by Gasteiger charge is -2.08. The predicted molar refractivity (Wildman–Crippen MR) is 78.2 cm³/mol. The van der Waals surface area contributed by atoms with Crippen molar-refractivity contribution in [3.63, 3.8) is 0 Å². The number of nitrogens with zero attached hydrogens (tertiary/aromatic N) is 1. The average molecular weight is 354 g/mol. The van der Waals surface area contributed by atoms with Crippen molar-refractivity contribution in [3.8, 4) is 6.07 Å². The zero-order chi connectivity index (χ0) is 14.7. The van der Waals surface area contributed by atoms with E-state index in [0.29, 0.717) is 15.1 Å². The molecule has 0 aliphatic carbocycles. The summed E-state index contributed by atoms with van der Waals surface area (Å²) in [5.41, 5.74) is 0.478. The first kappa shape index (κ1) is 14.5. The summed E-state index contributed by atoms with van der Waals surface area (Å²) in [5, 5.41) is 11.5. The van der Waals surface area contributed by atoms with Crippen molar-refractivity contribution in [2.24, 2.45) is 0 Å². The number of benzene rings is 2. The van der Waals surface area contributed by atoms with Crippen molar-refractivity contribution < 1.29 is 9.18 Å². The number of anilines is 1. The van der Waals surface area contributed by atoms with Gasteiger partial charge in [0.1, 0.15) is 5.82 Å². The maximum absolute atomic E-state index is 13.7. The van der Waals surface area contributed by atoms with E-state index in [2.05, 4.69) is 21.2 Å². The van der Waals surface area contributed by atoms with E-state index in [-0.39, 0.29) is 11.3 Å². The van der Waals surface area contributed by atoms with Gasteiger partial charge in [0, 0.05) is 9.50 Å². The van der Waals surface area contributed by atoms with Crippen LogP contribution in [0.3, 0.4) is 0 Å². The number of nitrogens with one attached hydrogen (secondary N) is 1. The van der Waals surface area contributed by atoms with Crippen molar-refractivity contribution in [2.75, 3.05) is 5.32 Å². The summed E-state index contributed by atoms with van der Waals surface area (Å²) in [6, 6.07) is 10.4. The second kappa shape index (κ2) is 6.04. The minimum absolute atomic E-state index is 0.000811. The molecule has 0 spiro atoms. The van der Waals surface area contributed by atoms with Gasteiger partial charge in [-0.05, 0) is 52.3 Å². The van der Waals surface area contributed by atoms with Gasteiger partial charge < -0.3 is 5.32 Å². The fourth-order valence-corrected chi connectivity index (χ4v) is 2.15. The monoisotopic (exact) mass is 352 g/mol. The third-order valence-corrected chi connectivity index (χ3v) is 3.45. The Morgan fingerprint density at radius 2 is 2.05 bits per heavy atom. The number of halogens is 3. The Labute approximate surface area is 128 Å². The molecule has 0 fully saturated rings. The molecule has 0 radical (unpaired) electrons. The first-order valence-corrected chi connectivity index (χ1v) is 6.64. The summed E-state index contributed by atoms with van der Waals surface area (Å²) in [5.74, 6) is -1.17. The van der Waals surface area contributed by atoms with Crippen LogP contribution >= 0.6 is 27.5 Å². The molecule has 0 saturated heterocycles. The second-order valence-corrected chi connectivity index (χ2v) is 5.18. The van der Waals surface area contributed by atoms with Crippen molar-refractivity contribution in [1.29, 1.82) is 5.26 Å². The maximum Gasteiger partial charge on any atom is 0.256 e. The third kappa shape index (κ3) is 3.16. The summed E-state index contributed by atoms with van der Waals surface area (Å²) in [6.07, 6.45) is 0. The highest BCUT2D eigenvalue weighted by Gasteiger charge is 2.13. The highest BCUT2D eigenvalue weighted by Crippen LogP contribution is 2.23. The quantitative estimate of drug-likeness (QED) is 0.872. The van der Waals surface area contributed by atoms with Gasteiger partial charge in [-0.25, -0.2) is 4.39 Å². The molecular weight excluding hydrogens is 347 g/mol. The summed E-state index contributed by atoms with van der Waals surface area (Å²) in [4.78, 5) is 12.1. The van der Waals surface area contributed by atoms with E-state index in [0.717, 1.165) is 6.07 Å². The topological polar surface area (TPSA) is 52.9 Å². The Morgan fingerprint density at radius 1 is 1.30 bits per heavy atom. The van der Waals surface area contributed by atoms with Crippen molar-refractivity contribution in [2.45, 2.75) is 0 Å². The molecule has 0 atom stereocenters. The van der Waals surface area contributed by atoms with Gasteiger partial charge in [-0.2, -0.15) is 5.26 Å². The highest BCUT2D eigenvalue weighted by atomic mass is 79.9. The fraction of sp³-hybridized carbons (Fsp3) is 0. The highest BCUT2D eigenvalue weighted by molar-refractivity contribution is 9.10. The van der Waals surface area contributed by atoms with Crippen LogP contribution in [0.2, 0.25) is 5.02 Å². The second-order valence-electron chi connectivity index (χ2n) is 3.88. The minimum Gasteiger partial charge on any atom is -0.319 e. The summed E-state index contributed by atoms with van der Waals surface area (Å²) < 4.78 is 14.2. The number of hydrogen-bond donors (Lipinski definition) is 1. The molecule has 0 unspecified atom stereocenters. The minimum atomic E-state index is -0.671. The van der Waals surface area contributed by atoms with Crippen molar-refractivity contribution in [1.82, 2.24) is 0 Å². The maximum atomic E-state index is 13.7. The molecule has 1 N–H and O–H groups in total. The number of nitriles is 1. The van der Waals surface area contributed by atoms with E-state index in [9.17, 15) is 9.18 Å². The molecule has 0 aliphatic heterocycles. The zero-order valence-electron chi connectivity index (χ0n) is 9.95. The summed E-state index contributed by atoms with van der Waals surface area (Å²) in [6.45, 7) is 0. The Hall–Kier alpha value is -1.90. The molecule has 0 bridgehead atoms. The van der Waals surface area contributed by atoms with Gasteiger partial charge in [-0.3, -0.25) is 4.79 Å². The molecule has 2 aromatic carbocycles. The van der Waals surface area contributed by atoms with E-state index >= 15 is 0 Å². The van der Waals surface area contributed by atoms with E-state index in [1.807, 2.05) is 6.07 Å². The summed E-state index contributed by atoms with van der Waals surface area (Å²) in [7, 11) is 0. The van der Waals surface area contributed by atoms with Crippen LogP contribution in [0.25, 0.3) is 0 Å². The molecule has 20 heavy (non-hydrogen) atoms. The Bertz CT molecular complexity index is 728. The van der Waals surface area contributed by atoms with Gasteiger partial charge >= 0.3 is 0 Å². The average Bonchev–Trinajstić information content (AvgIpc) is 2.43. The predicted octanol–water partition coefficient (Wildman–Crippen LogP) is 4.37. The van der Waals surface area contributed by atoms with Crippen LogP contribution in [0.4, 0.5) is 10.1 Å². The lowest BCUT2D eigenvalue weighted by atomic mass is 10.2. The molecule has 0 aromatic heterocycles. The normalized spacial score (nSPS) is 9.90.